The molecule has 0 saturated carbocycles. The molecule has 1 N–H and O–H groups in total. The molecule has 0 saturated heterocycles. The lowest BCUT2D eigenvalue weighted by molar-refractivity contribution is -0.134. The maximum Gasteiger partial charge on any atom is 0.162 e. The lowest BCUT2D eigenvalue weighted by Crippen LogP contribution is -2.44. The van der Waals surface area contributed by atoms with Gasteiger partial charge < -0.3 is 5.11 Å². The third kappa shape index (κ3) is 1.24. The van der Waals surface area contributed by atoms with E-state index in [0.717, 1.165) is 0 Å². The average molecular weight is 192 g/mol. The number of rotatable bonds is 0. The van der Waals surface area contributed by atoms with Crippen LogP contribution in [0.25, 0.3) is 0 Å². The molecule has 3 heteroatoms. The summed E-state index contributed by atoms with van der Waals surface area (Å²) in [5, 5.41) is 9.62. The van der Waals surface area contributed by atoms with Crippen molar-refractivity contribution in [2.45, 2.75) is 13.0 Å². The van der Waals surface area contributed by atoms with Gasteiger partial charge in [0, 0.05) is 5.92 Å². The Hall–Kier alpha value is -1.22. The number of aliphatic hydroxyl groups is 1. The van der Waals surface area contributed by atoms with Crippen molar-refractivity contribution in [1.82, 2.24) is 0 Å². The average Bonchev–Trinajstić information content (AvgIpc) is 2.16. The molecule has 14 heavy (non-hydrogen) atoms. The van der Waals surface area contributed by atoms with E-state index < -0.39 is 12.0 Å². The molecule has 0 aromatic rings. The Morgan fingerprint density at radius 2 is 1.64 bits per heavy atom. The van der Waals surface area contributed by atoms with Crippen molar-refractivity contribution >= 4 is 11.6 Å². The molecule has 0 aromatic heterocycles. The number of carbonyl (C=O) groups excluding carboxylic acids is 2. The number of carbonyl (C=O) groups is 2. The number of ketones is 2. The topological polar surface area (TPSA) is 54.4 Å². The SMILES string of the molecule is C[C@@H]1C=C[C@@H](O)[C@H]2C(=O)C=CC(=O)[C@H]21. The zero-order valence-electron chi connectivity index (χ0n) is 7.88. The summed E-state index contributed by atoms with van der Waals surface area (Å²) in [6.07, 6.45) is 5.20. The van der Waals surface area contributed by atoms with E-state index in [1.807, 2.05) is 6.92 Å². The quantitative estimate of drug-likeness (QED) is 0.568. The standard InChI is InChI=1S/C11H12O3/c1-6-2-3-8(13)11-9(14)5-4-7(12)10(6)11/h2-6,8,10-11,13H,1H3/t6-,8-,10-,11+/m1/s1. The first-order valence-electron chi connectivity index (χ1n) is 4.73. The van der Waals surface area contributed by atoms with Crippen LogP contribution in [0.5, 0.6) is 0 Å². The van der Waals surface area contributed by atoms with Gasteiger partial charge in [0.1, 0.15) is 0 Å². The predicted octanol–water partition coefficient (Wildman–Crippen LogP) is 0.494. The molecule has 3 nitrogen and oxygen atoms in total. The fraction of sp³-hybridized carbons (Fsp3) is 0.455. The molecule has 0 spiro atoms. The molecule has 0 aromatic carbocycles. The van der Waals surface area contributed by atoms with Gasteiger partial charge in [-0.3, -0.25) is 9.59 Å². The van der Waals surface area contributed by atoms with Gasteiger partial charge in [0.05, 0.1) is 12.0 Å². The van der Waals surface area contributed by atoms with E-state index >= 15 is 0 Å². The third-order valence-corrected chi connectivity index (χ3v) is 3.00. The van der Waals surface area contributed by atoms with E-state index in [2.05, 4.69) is 0 Å². The van der Waals surface area contributed by atoms with E-state index in [-0.39, 0.29) is 23.4 Å². The van der Waals surface area contributed by atoms with Crippen LogP contribution in [0.15, 0.2) is 24.3 Å². The van der Waals surface area contributed by atoms with Gasteiger partial charge in [0.25, 0.3) is 0 Å². The number of hydrogen-bond donors (Lipinski definition) is 1. The first-order valence-corrected chi connectivity index (χ1v) is 4.73. The van der Waals surface area contributed by atoms with Gasteiger partial charge in [-0.15, -0.1) is 0 Å². The Labute approximate surface area is 82.1 Å². The van der Waals surface area contributed by atoms with Crippen LogP contribution in [0.3, 0.4) is 0 Å². The van der Waals surface area contributed by atoms with Crippen molar-refractivity contribution in [3.8, 4) is 0 Å². The van der Waals surface area contributed by atoms with Gasteiger partial charge >= 0.3 is 0 Å². The minimum atomic E-state index is -0.808. The maximum atomic E-state index is 11.5. The molecule has 2 aliphatic carbocycles. The van der Waals surface area contributed by atoms with Gasteiger partial charge in [-0.05, 0) is 18.1 Å². The molecule has 0 amide bonds. The van der Waals surface area contributed by atoms with Crippen molar-refractivity contribution in [3.63, 3.8) is 0 Å². The second-order valence-electron chi connectivity index (χ2n) is 3.92. The minimum absolute atomic E-state index is 0.0322. The van der Waals surface area contributed by atoms with E-state index in [1.54, 1.807) is 12.2 Å². The molecule has 0 aliphatic heterocycles. The predicted molar refractivity (Wildman–Crippen MR) is 50.4 cm³/mol. The fourth-order valence-electron chi connectivity index (χ4n) is 2.24. The summed E-state index contributed by atoms with van der Waals surface area (Å²) < 4.78 is 0. The number of hydrogen-bond acceptors (Lipinski definition) is 3. The molecule has 4 atom stereocenters. The van der Waals surface area contributed by atoms with Gasteiger partial charge in [0.15, 0.2) is 11.6 Å². The summed E-state index contributed by atoms with van der Waals surface area (Å²) in [4.78, 5) is 23.0. The van der Waals surface area contributed by atoms with E-state index in [0.29, 0.717) is 0 Å². The van der Waals surface area contributed by atoms with Gasteiger partial charge in [-0.25, -0.2) is 0 Å². The van der Waals surface area contributed by atoms with Crippen molar-refractivity contribution in [1.29, 1.82) is 0 Å². The molecule has 0 heterocycles. The normalized spacial score (nSPS) is 41.3. The number of allylic oxidation sites excluding steroid dienone is 3. The summed E-state index contributed by atoms with van der Waals surface area (Å²) >= 11 is 0. The smallest absolute Gasteiger partial charge is 0.162 e. The monoisotopic (exact) mass is 192 g/mol. The Balaban J connectivity index is 2.43. The minimum Gasteiger partial charge on any atom is -0.388 e. The summed E-state index contributed by atoms with van der Waals surface area (Å²) in [6, 6.07) is 0. The van der Waals surface area contributed by atoms with Crippen LogP contribution in [-0.2, 0) is 9.59 Å². The Morgan fingerprint density at radius 1 is 1.07 bits per heavy atom. The van der Waals surface area contributed by atoms with E-state index in [1.165, 1.54) is 12.2 Å². The van der Waals surface area contributed by atoms with Crippen molar-refractivity contribution < 1.29 is 14.7 Å². The molecule has 0 bridgehead atoms. The van der Waals surface area contributed by atoms with Crippen LogP contribution in [0, 0.1) is 17.8 Å². The molecular formula is C11H12O3. The van der Waals surface area contributed by atoms with Crippen molar-refractivity contribution in [2.75, 3.05) is 0 Å². The maximum absolute atomic E-state index is 11.5. The van der Waals surface area contributed by atoms with Crippen LogP contribution in [0.1, 0.15) is 6.92 Å². The van der Waals surface area contributed by atoms with Gasteiger partial charge in [0.2, 0.25) is 0 Å². The van der Waals surface area contributed by atoms with Crippen LogP contribution >= 0.6 is 0 Å². The zero-order valence-corrected chi connectivity index (χ0v) is 7.88. The van der Waals surface area contributed by atoms with Gasteiger partial charge in [-0.1, -0.05) is 19.1 Å². The molecule has 0 fully saturated rings. The van der Waals surface area contributed by atoms with Crippen molar-refractivity contribution in [3.05, 3.63) is 24.3 Å². The number of aliphatic hydroxyl groups excluding tert-OH is 1. The molecule has 0 radical (unpaired) electrons. The van der Waals surface area contributed by atoms with Gasteiger partial charge in [-0.2, -0.15) is 0 Å². The first kappa shape index (κ1) is 9.34. The first-order chi connectivity index (χ1) is 6.61. The Morgan fingerprint density at radius 3 is 2.21 bits per heavy atom. The van der Waals surface area contributed by atoms with Crippen LogP contribution in [-0.4, -0.2) is 22.8 Å². The Bertz CT molecular complexity index is 308. The van der Waals surface area contributed by atoms with Crippen LogP contribution in [0.4, 0.5) is 0 Å². The molecule has 2 aliphatic rings. The Kier molecular flexibility index (Phi) is 2.11. The summed E-state index contributed by atoms with van der Waals surface area (Å²) in [7, 11) is 0. The van der Waals surface area contributed by atoms with Crippen molar-refractivity contribution in [2.24, 2.45) is 17.8 Å². The summed E-state index contributed by atoms with van der Waals surface area (Å²) in [6.45, 7) is 1.89. The third-order valence-electron chi connectivity index (χ3n) is 3.00. The molecule has 2 rings (SSSR count). The highest BCUT2D eigenvalue weighted by Crippen LogP contribution is 2.34. The second kappa shape index (κ2) is 3.17. The summed E-state index contributed by atoms with van der Waals surface area (Å²) in [5.41, 5.74) is 0. The lowest BCUT2D eigenvalue weighted by Gasteiger charge is -2.34. The fourth-order valence-corrected chi connectivity index (χ4v) is 2.24. The highest BCUT2D eigenvalue weighted by atomic mass is 16.3. The van der Waals surface area contributed by atoms with E-state index in [4.69, 9.17) is 0 Å². The zero-order chi connectivity index (χ0) is 10.3. The summed E-state index contributed by atoms with van der Waals surface area (Å²) in [5.74, 6) is -1.09. The van der Waals surface area contributed by atoms with E-state index in [9.17, 15) is 14.7 Å². The molecule has 0 unspecified atom stereocenters. The second-order valence-corrected chi connectivity index (χ2v) is 3.92. The highest BCUT2D eigenvalue weighted by molar-refractivity contribution is 6.08. The lowest BCUT2D eigenvalue weighted by atomic mass is 9.69. The molecule has 74 valence electrons. The highest BCUT2D eigenvalue weighted by Gasteiger charge is 2.42. The van der Waals surface area contributed by atoms with Crippen LogP contribution < -0.4 is 0 Å². The molecular weight excluding hydrogens is 180 g/mol. The van der Waals surface area contributed by atoms with Crippen LogP contribution in [0.2, 0.25) is 0 Å². The largest absolute Gasteiger partial charge is 0.388 e. The number of fused-ring (bicyclic) bond motifs is 1.